The van der Waals surface area contributed by atoms with Gasteiger partial charge in [0.15, 0.2) is 14.2 Å². The van der Waals surface area contributed by atoms with E-state index in [1.54, 1.807) is 0 Å². The van der Waals surface area contributed by atoms with Crippen LogP contribution in [0.4, 0.5) is 0 Å². The maximum absolute atomic E-state index is 5.76. The molecule has 0 N–H and O–H groups in total. The summed E-state index contributed by atoms with van der Waals surface area (Å²) in [6.45, 7) is 5.28. The normalized spacial score (nSPS) is 24.6. The minimum absolute atomic E-state index is 0.715. The van der Waals surface area contributed by atoms with Crippen LogP contribution in [0.3, 0.4) is 0 Å². The van der Waals surface area contributed by atoms with Gasteiger partial charge in [-0.3, -0.25) is 0 Å². The minimum Gasteiger partial charge on any atom is -0.475 e. The van der Waals surface area contributed by atoms with Crippen molar-refractivity contribution in [3.8, 4) is 0 Å². The second kappa shape index (κ2) is 5.73. The van der Waals surface area contributed by atoms with Gasteiger partial charge < -0.3 is 14.1 Å². The summed E-state index contributed by atoms with van der Waals surface area (Å²) in [6, 6.07) is 2.53. The smallest absolute Gasteiger partial charge is 0.189 e. The van der Waals surface area contributed by atoms with Crippen LogP contribution in [-0.2, 0) is 9.16 Å². The highest BCUT2D eigenvalue weighted by Gasteiger charge is 2.29. The van der Waals surface area contributed by atoms with Gasteiger partial charge in [0.2, 0.25) is 0 Å². The molecule has 0 unspecified atom stereocenters. The fraction of sp³-hybridized carbons (Fsp3) is 0.692. The number of ether oxygens (including phenoxy) is 1. The van der Waals surface area contributed by atoms with Crippen molar-refractivity contribution in [1.82, 2.24) is 4.90 Å². The van der Waals surface area contributed by atoms with Gasteiger partial charge in [0.1, 0.15) is 6.61 Å². The molecule has 2 rings (SSSR count). The Labute approximate surface area is 105 Å². The van der Waals surface area contributed by atoms with Gasteiger partial charge in [0.25, 0.3) is 0 Å². The first-order valence-corrected chi connectivity index (χ1v) is 9.35. The Morgan fingerprint density at radius 2 is 2.00 bits per heavy atom. The molecule has 96 valence electrons. The van der Waals surface area contributed by atoms with Crippen molar-refractivity contribution in [3.05, 3.63) is 24.1 Å². The highest BCUT2D eigenvalue weighted by atomic mass is 28.4. The van der Waals surface area contributed by atoms with Gasteiger partial charge in [-0.1, -0.05) is 6.08 Å². The average Bonchev–Trinajstić information content (AvgIpc) is 2.35. The predicted octanol–water partition coefficient (Wildman–Crippen LogP) is 2.73. The number of hydrogen-bond acceptors (Lipinski definition) is 3. The topological polar surface area (TPSA) is 21.7 Å². The van der Waals surface area contributed by atoms with Crippen molar-refractivity contribution in [1.29, 1.82) is 0 Å². The monoisotopic (exact) mass is 253 g/mol. The molecule has 2 aliphatic heterocycles. The van der Waals surface area contributed by atoms with Crippen molar-refractivity contribution in [2.24, 2.45) is 0 Å². The molecule has 0 aliphatic carbocycles. The summed E-state index contributed by atoms with van der Waals surface area (Å²) < 4.78 is 11.4. The standard InChI is InChI=1S/C13H23NO2Si/c1-15-17(2)11-5-8-14(9-6-12-17)13-7-3-4-10-16-13/h3-4,7H,5-6,8-12H2,1-2H3. The van der Waals surface area contributed by atoms with E-state index in [2.05, 4.69) is 23.6 Å². The Bertz CT molecular complexity index is 305. The van der Waals surface area contributed by atoms with E-state index < -0.39 is 8.32 Å². The van der Waals surface area contributed by atoms with Gasteiger partial charge in [-0.15, -0.1) is 0 Å². The summed E-state index contributed by atoms with van der Waals surface area (Å²) >= 11 is 0. The van der Waals surface area contributed by atoms with E-state index in [1.807, 2.05) is 13.2 Å². The molecule has 2 aliphatic rings. The molecule has 0 aromatic heterocycles. The highest BCUT2D eigenvalue weighted by Crippen LogP contribution is 2.25. The molecule has 3 nitrogen and oxygen atoms in total. The Balaban J connectivity index is 1.92. The van der Waals surface area contributed by atoms with Gasteiger partial charge in [0, 0.05) is 20.2 Å². The molecule has 0 aromatic rings. The van der Waals surface area contributed by atoms with Crippen LogP contribution >= 0.6 is 0 Å². The second-order valence-corrected chi connectivity index (χ2v) is 9.40. The number of rotatable bonds is 2. The van der Waals surface area contributed by atoms with Gasteiger partial charge >= 0.3 is 0 Å². The summed E-state index contributed by atoms with van der Waals surface area (Å²) in [5.41, 5.74) is 0. The van der Waals surface area contributed by atoms with Crippen LogP contribution in [0.5, 0.6) is 0 Å². The third kappa shape index (κ3) is 3.36. The van der Waals surface area contributed by atoms with E-state index in [4.69, 9.17) is 9.16 Å². The number of nitrogens with zero attached hydrogens (tertiary/aromatic N) is 1. The lowest BCUT2D eigenvalue weighted by molar-refractivity contribution is 0.125. The lowest BCUT2D eigenvalue weighted by atomic mass is 10.3. The summed E-state index contributed by atoms with van der Waals surface area (Å²) in [4.78, 5) is 2.38. The summed E-state index contributed by atoms with van der Waals surface area (Å²) in [6.07, 6.45) is 8.66. The van der Waals surface area contributed by atoms with Crippen molar-refractivity contribution >= 4 is 8.32 Å². The van der Waals surface area contributed by atoms with Crippen molar-refractivity contribution in [3.63, 3.8) is 0 Å². The van der Waals surface area contributed by atoms with E-state index >= 15 is 0 Å². The van der Waals surface area contributed by atoms with Crippen molar-refractivity contribution < 1.29 is 9.16 Å². The van der Waals surface area contributed by atoms with E-state index in [1.165, 1.54) is 24.9 Å². The molecule has 0 aromatic carbocycles. The molecular weight excluding hydrogens is 230 g/mol. The number of hydrogen-bond donors (Lipinski definition) is 0. The third-order valence-electron chi connectivity index (χ3n) is 3.77. The van der Waals surface area contributed by atoms with Crippen LogP contribution < -0.4 is 0 Å². The molecular formula is C13H23NO2Si. The molecule has 4 heteroatoms. The third-order valence-corrected chi connectivity index (χ3v) is 7.58. The lowest BCUT2D eigenvalue weighted by Crippen LogP contribution is -2.38. The van der Waals surface area contributed by atoms with E-state index in [0.717, 1.165) is 19.0 Å². The molecule has 0 spiro atoms. The van der Waals surface area contributed by atoms with E-state index in [9.17, 15) is 0 Å². The Morgan fingerprint density at radius 1 is 1.29 bits per heavy atom. The average molecular weight is 253 g/mol. The van der Waals surface area contributed by atoms with Crippen LogP contribution in [-0.4, -0.2) is 40.0 Å². The van der Waals surface area contributed by atoms with Crippen molar-refractivity contribution in [2.45, 2.75) is 31.5 Å². The van der Waals surface area contributed by atoms with E-state index in [-0.39, 0.29) is 0 Å². The molecule has 0 radical (unpaired) electrons. The molecule has 0 saturated carbocycles. The first-order chi connectivity index (χ1) is 8.23. The van der Waals surface area contributed by atoms with E-state index in [0.29, 0.717) is 6.61 Å². The van der Waals surface area contributed by atoms with Gasteiger partial charge in [-0.25, -0.2) is 0 Å². The van der Waals surface area contributed by atoms with Crippen molar-refractivity contribution in [2.75, 3.05) is 26.8 Å². The zero-order chi connectivity index (χ0) is 12.1. The summed E-state index contributed by atoms with van der Waals surface area (Å²) in [5, 5.41) is 0. The van der Waals surface area contributed by atoms with Crippen LogP contribution in [0.2, 0.25) is 18.6 Å². The fourth-order valence-electron chi connectivity index (χ4n) is 2.53. The fourth-order valence-corrected chi connectivity index (χ4v) is 5.00. The molecule has 0 bridgehead atoms. The summed E-state index contributed by atoms with van der Waals surface area (Å²) in [5.74, 6) is 1.05. The van der Waals surface area contributed by atoms with Gasteiger partial charge in [-0.05, 0) is 43.6 Å². The Hall–Kier alpha value is -0.743. The lowest BCUT2D eigenvalue weighted by Gasteiger charge is -2.34. The maximum Gasteiger partial charge on any atom is 0.189 e. The summed E-state index contributed by atoms with van der Waals surface area (Å²) in [7, 11) is 0.519. The highest BCUT2D eigenvalue weighted by molar-refractivity contribution is 6.72. The molecule has 1 fully saturated rings. The zero-order valence-corrected chi connectivity index (χ0v) is 11.9. The Kier molecular flexibility index (Phi) is 4.29. The van der Waals surface area contributed by atoms with Crippen LogP contribution in [0, 0.1) is 0 Å². The van der Waals surface area contributed by atoms with Crippen LogP contribution in [0.1, 0.15) is 12.8 Å². The largest absolute Gasteiger partial charge is 0.475 e. The first-order valence-electron chi connectivity index (χ1n) is 6.53. The first kappa shape index (κ1) is 12.7. The van der Waals surface area contributed by atoms with Gasteiger partial charge in [0.05, 0.1) is 0 Å². The zero-order valence-electron chi connectivity index (χ0n) is 10.9. The molecule has 2 heterocycles. The Morgan fingerprint density at radius 3 is 2.53 bits per heavy atom. The minimum atomic E-state index is -1.37. The molecule has 1 saturated heterocycles. The molecule has 0 atom stereocenters. The van der Waals surface area contributed by atoms with Crippen LogP contribution in [0.25, 0.3) is 0 Å². The second-order valence-electron chi connectivity index (χ2n) is 5.09. The predicted molar refractivity (Wildman–Crippen MR) is 72.2 cm³/mol. The number of allylic oxidation sites excluding steroid dienone is 2. The van der Waals surface area contributed by atoms with Gasteiger partial charge in [-0.2, -0.15) is 0 Å². The van der Waals surface area contributed by atoms with Crippen LogP contribution in [0.15, 0.2) is 24.1 Å². The molecule has 0 amide bonds. The molecule has 17 heavy (non-hydrogen) atoms. The quantitative estimate of drug-likeness (QED) is 0.706. The maximum atomic E-state index is 5.76. The SMILES string of the molecule is CO[Si]1(C)CCCN(C2=CC=CCO2)CCC1.